The van der Waals surface area contributed by atoms with Gasteiger partial charge in [-0.05, 0) is 29.1 Å². The maximum atomic E-state index is 12.8. The largest absolute Gasteiger partial charge is 0.288 e. The Bertz CT molecular complexity index is 737. The molecule has 0 aliphatic heterocycles. The van der Waals surface area contributed by atoms with Crippen molar-refractivity contribution >= 4 is 23.2 Å². The SMILES string of the molecule is O=C(Nc1ncn(Cc2ccc(F)cc2)n1)c1cccs1. The molecule has 0 aliphatic carbocycles. The van der Waals surface area contributed by atoms with E-state index in [0.29, 0.717) is 11.4 Å². The Balaban J connectivity index is 1.66. The highest BCUT2D eigenvalue weighted by Gasteiger charge is 2.09. The van der Waals surface area contributed by atoms with Crippen LogP contribution >= 0.6 is 11.3 Å². The van der Waals surface area contributed by atoms with E-state index in [2.05, 4.69) is 15.4 Å². The number of thiophene rings is 1. The fourth-order valence-corrected chi connectivity index (χ4v) is 2.39. The van der Waals surface area contributed by atoms with Crippen molar-refractivity contribution in [2.45, 2.75) is 6.54 Å². The number of rotatable bonds is 4. The molecule has 0 atom stereocenters. The van der Waals surface area contributed by atoms with Crippen LogP contribution in [0.5, 0.6) is 0 Å². The molecule has 0 radical (unpaired) electrons. The monoisotopic (exact) mass is 302 g/mol. The third-order valence-corrected chi connectivity index (χ3v) is 3.63. The lowest BCUT2D eigenvalue weighted by Gasteiger charge is -2.01. The van der Waals surface area contributed by atoms with Gasteiger partial charge < -0.3 is 0 Å². The van der Waals surface area contributed by atoms with Gasteiger partial charge in [-0.1, -0.05) is 18.2 Å². The summed E-state index contributed by atoms with van der Waals surface area (Å²) in [6, 6.07) is 9.69. The van der Waals surface area contributed by atoms with Crippen LogP contribution in [0.4, 0.5) is 10.3 Å². The average Bonchev–Trinajstić information content (AvgIpc) is 3.13. The van der Waals surface area contributed by atoms with Crippen molar-refractivity contribution < 1.29 is 9.18 Å². The van der Waals surface area contributed by atoms with Crippen molar-refractivity contribution in [3.05, 3.63) is 64.4 Å². The maximum Gasteiger partial charge on any atom is 0.268 e. The van der Waals surface area contributed by atoms with Crippen LogP contribution in [0.1, 0.15) is 15.2 Å². The van der Waals surface area contributed by atoms with E-state index < -0.39 is 0 Å². The molecule has 1 N–H and O–H groups in total. The fraction of sp³-hybridized carbons (Fsp3) is 0.0714. The maximum absolute atomic E-state index is 12.8. The van der Waals surface area contributed by atoms with Gasteiger partial charge in [0.05, 0.1) is 11.4 Å². The van der Waals surface area contributed by atoms with Crippen molar-refractivity contribution in [3.8, 4) is 0 Å². The number of carbonyl (C=O) groups excluding carboxylic acids is 1. The summed E-state index contributed by atoms with van der Waals surface area (Å²) >= 11 is 1.35. The molecule has 0 saturated heterocycles. The van der Waals surface area contributed by atoms with Gasteiger partial charge >= 0.3 is 0 Å². The third kappa shape index (κ3) is 3.32. The Kier molecular flexibility index (Phi) is 3.74. The number of hydrogen-bond acceptors (Lipinski definition) is 4. The zero-order valence-electron chi connectivity index (χ0n) is 10.9. The fourth-order valence-electron chi connectivity index (χ4n) is 1.78. The van der Waals surface area contributed by atoms with Crippen molar-refractivity contribution in [3.63, 3.8) is 0 Å². The van der Waals surface area contributed by atoms with Gasteiger partial charge in [-0.15, -0.1) is 16.4 Å². The summed E-state index contributed by atoms with van der Waals surface area (Å²) < 4.78 is 14.4. The van der Waals surface area contributed by atoms with E-state index in [-0.39, 0.29) is 17.7 Å². The third-order valence-electron chi connectivity index (χ3n) is 2.76. The average molecular weight is 302 g/mol. The molecule has 106 valence electrons. The van der Waals surface area contributed by atoms with Crippen LogP contribution in [0.15, 0.2) is 48.1 Å². The molecule has 0 saturated carbocycles. The number of nitrogens with zero attached hydrogens (tertiary/aromatic N) is 3. The molecule has 7 heteroatoms. The number of benzene rings is 1. The number of aromatic nitrogens is 3. The highest BCUT2D eigenvalue weighted by atomic mass is 32.1. The smallest absolute Gasteiger partial charge is 0.268 e. The molecule has 3 aromatic rings. The Morgan fingerprint density at radius 3 is 2.81 bits per heavy atom. The second kappa shape index (κ2) is 5.84. The molecular formula is C14H11FN4OS. The number of anilines is 1. The first-order valence-corrected chi connectivity index (χ1v) is 7.07. The van der Waals surface area contributed by atoms with E-state index in [1.165, 1.54) is 29.8 Å². The van der Waals surface area contributed by atoms with Crippen molar-refractivity contribution in [1.29, 1.82) is 0 Å². The first-order chi connectivity index (χ1) is 10.2. The molecule has 0 unspecified atom stereocenters. The number of amides is 1. The summed E-state index contributed by atoms with van der Waals surface area (Å²) in [6.45, 7) is 0.460. The lowest BCUT2D eigenvalue weighted by molar-refractivity contribution is 0.102. The van der Waals surface area contributed by atoms with Crippen molar-refractivity contribution in [2.24, 2.45) is 0 Å². The molecular weight excluding hydrogens is 291 g/mol. The minimum Gasteiger partial charge on any atom is -0.288 e. The number of nitrogens with one attached hydrogen (secondary N) is 1. The molecule has 1 aromatic carbocycles. The normalized spacial score (nSPS) is 10.5. The molecule has 0 bridgehead atoms. The van der Waals surface area contributed by atoms with Crippen LogP contribution in [-0.2, 0) is 6.54 Å². The van der Waals surface area contributed by atoms with Crippen LogP contribution in [-0.4, -0.2) is 20.7 Å². The predicted molar refractivity (Wildman–Crippen MR) is 77.8 cm³/mol. The molecule has 0 spiro atoms. The number of carbonyl (C=O) groups is 1. The number of hydrogen-bond donors (Lipinski definition) is 1. The van der Waals surface area contributed by atoms with E-state index in [4.69, 9.17) is 0 Å². The summed E-state index contributed by atoms with van der Waals surface area (Å²) in [5, 5.41) is 8.62. The molecule has 2 aromatic heterocycles. The van der Waals surface area contributed by atoms with Gasteiger partial charge in [-0.2, -0.15) is 0 Å². The second-order valence-electron chi connectivity index (χ2n) is 4.32. The molecule has 5 nitrogen and oxygen atoms in total. The van der Waals surface area contributed by atoms with E-state index in [0.717, 1.165) is 5.56 Å². The molecule has 2 heterocycles. The molecule has 3 rings (SSSR count). The molecule has 0 fully saturated rings. The summed E-state index contributed by atoms with van der Waals surface area (Å²) in [4.78, 5) is 16.5. The van der Waals surface area contributed by atoms with Gasteiger partial charge in [0, 0.05) is 0 Å². The highest BCUT2D eigenvalue weighted by Crippen LogP contribution is 2.11. The minimum atomic E-state index is -0.277. The Morgan fingerprint density at radius 1 is 1.29 bits per heavy atom. The summed E-state index contributed by atoms with van der Waals surface area (Å²) in [6.07, 6.45) is 1.52. The second-order valence-corrected chi connectivity index (χ2v) is 5.27. The van der Waals surface area contributed by atoms with Crippen LogP contribution in [0, 0.1) is 5.82 Å². The van der Waals surface area contributed by atoms with E-state index >= 15 is 0 Å². The standard InChI is InChI=1S/C14H11FN4OS/c15-11-5-3-10(4-6-11)8-19-9-16-14(18-19)17-13(20)12-2-1-7-21-12/h1-7,9H,8H2,(H,17,18,20). The van der Waals surface area contributed by atoms with Crippen molar-refractivity contribution in [2.75, 3.05) is 5.32 Å². The van der Waals surface area contributed by atoms with Gasteiger partial charge in [0.2, 0.25) is 5.95 Å². The topological polar surface area (TPSA) is 59.8 Å². The van der Waals surface area contributed by atoms with Crippen molar-refractivity contribution in [1.82, 2.24) is 14.8 Å². The molecule has 21 heavy (non-hydrogen) atoms. The summed E-state index contributed by atoms with van der Waals surface area (Å²) in [5.74, 6) is -0.263. The van der Waals surface area contributed by atoms with Crippen LogP contribution in [0.3, 0.4) is 0 Å². The van der Waals surface area contributed by atoms with Crippen LogP contribution in [0.2, 0.25) is 0 Å². The highest BCUT2D eigenvalue weighted by molar-refractivity contribution is 7.12. The lowest BCUT2D eigenvalue weighted by Crippen LogP contribution is -2.12. The van der Waals surface area contributed by atoms with Gasteiger partial charge in [0.1, 0.15) is 12.1 Å². The van der Waals surface area contributed by atoms with Gasteiger partial charge in [0.15, 0.2) is 0 Å². The van der Waals surface area contributed by atoms with E-state index in [9.17, 15) is 9.18 Å². The first kappa shape index (κ1) is 13.4. The van der Waals surface area contributed by atoms with Gasteiger partial charge in [-0.3, -0.25) is 10.1 Å². The quantitative estimate of drug-likeness (QED) is 0.806. The zero-order valence-corrected chi connectivity index (χ0v) is 11.7. The molecule has 1 amide bonds. The predicted octanol–water partition coefficient (Wildman–Crippen LogP) is 2.78. The van der Waals surface area contributed by atoms with E-state index in [1.54, 1.807) is 28.9 Å². The summed E-state index contributed by atoms with van der Waals surface area (Å²) in [7, 11) is 0. The van der Waals surface area contributed by atoms with Gasteiger partial charge in [-0.25, -0.2) is 14.1 Å². The zero-order chi connectivity index (χ0) is 14.7. The van der Waals surface area contributed by atoms with Gasteiger partial charge in [0.25, 0.3) is 5.91 Å². The van der Waals surface area contributed by atoms with Crippen LogP contribution < -0.4 is 5.32 Å². The number of halogens is 1. The Morgan fingerprint density at radius 2 is 2.10 bits per heavy atom. The first-order valence-electron chi connectivity index (χ1n) is 6.19. The minimum absolute atomic E-state index is 0.232. The Labute approximate surface area is 124 Å². The lowest BCUT2D eigenvalue weighted by atomic mass is 10.2. The summed E-state index contributed by atoms with van der Waals surface area (Å²) in [5.41, 5.74) is 0.900. The molecule has 0 aliphatic rings. The van der Waals surface area contributed by atoms with E-state index in [1.807, 2.05) is 5.38 Å². The Hall–Kier alpha value is -2.54. The van der Waals surface area contributed by atoms with Crippen LogP contribution in [0.25, 0.3) is 0 Å².